The molecule has 1 aliphatic carbocycles. The van der Waals surface area contributed by atoms with Crippen LogP contribution in [0.5, 0.6) is 5.75 Å². The predicted octanol–water partition coefficient (Wildman–Crippen LogP) is 4.35. The number of carboxylic acid groups (broad SMARTS) is 1. The van der Waals surface area contributed by atoms with Gasteiger partial charge in [0.1, 0.15) is 11.4 Å². The maximum absolute atomic E-state index is 12.3. The lowest BCUT2D eigenvalue weighted by atomic mass is 9.63. The molecule has 0 saturated carbocycles. The van der Waals surface area contributed by atoms with E-state index in [9.17, 15) is 9.59 Å². The van der Waals surface area contributed by atoms with E-state index in [0.29, 0.717) is 5.75 Å². The fraction of sp³-hybridized carbons (Fsp3) is 0.381. The number of nitrogens with zero attached hydrogens (tertiary/aromatic N) is 1. The summed E-state index contributed by atoms with van der Waals surface area (Å²) in [6, 6.07) is 8.49. The van der Waals surface area contributed by atoms with Gasteiger partial charge in [-0.3, -0.25) is 0 Å². The minimum atomic E-state index is -1.09. The van der Waals surface area contributed by atoms with Crippen molar-refractivity contribution in [1.29, 1.82) is 0 Å². The molecule has 0 bridgehead atoms. The van der Waals surface area contributed by atoms with E-state index in [0.717, 1.165) is 19.0 Å². The van der Waals surface area contributed by atoms with Crippen molar-refractivity contribution in [3.8, 4) is 5.75 Å². The van der Waals surface area contributed by atoms with Crippen LogP contribution in [0.4, 0.5) is 0 Å². The van der Waals surface area contributed by atoms with E-state index in [-0.39, 0.29) is 22.1 Å². The van der Waals surface area contributed by atoms with Crippen molar-refractivity contribution < 1.29 is 19.4 Å². The van der Waals surface area contributed by atoms with Crippen LogP contribution < -0.4 is 4.74 Å². The van der Waals surface area contributed by atoms with Crippen molar-refractivity contribution in [2.45, 2.75) is 51.4 Å². The number of rotatable bonds is 3. The number of carbonyl (C=O) groups is 2. The summed E-state index contributed by atoms with van der Waals surface area (Å²) in [6.45, 7) is 8.89. The highest BCUT2D eigenvalue weighted by Gasteiger charge is 2.37. The number of fused-ring (bicyclic) bond motifs is 1. The highest BCUT2D eigenvalue weighted by atomic mass is 16.5. The fourth-order valence-corrected chi connectivity index (χ4v) is 3.43. The zero-order valence-corrected chi connectivity index (χ0v) is 15.5. The summed E-state index contributed by atoms with van der Waals surface area (Å²) in [4.78, 5) is 27.1. The third-order valence-electron chi connectivity index (χ3n) is 5.25. The van der Waals surface area contributed by atoms with Gasteiger partial charge in [-0.05, 0) is 59.1 Å². The van der Waals surface area contributed by atoms with E-state index in [2.05, 4.69) is 32.7 Å². The highest BCUT2D eigenvalue weighted by Crippen LogP contribution is 2.46. The molecule has 1 N–H and O–H groups in total. The van der Waals surface area contributed by atoms with E-state index in [1.807, 2.05) is 18.2 Å². The first-order chi connectivity index (χ1) is 12.1. The number of carboxylic acids is 1. The minimum absolute atomic E-state index is 0.0225. The van der Waals surface area contributed by atoms with Gasteiger partial charge in [0.15, 0.2) is 0 Å². The normalized spacial score (nSPS) is 17.2. The minimum Gasteiger partial charge on any atom is -0.478 e. The Hall–Kier alpha value is -2.69. The predicted molar refractivity (Wildman–Crippen MR) is 97.9 cm³/mol. The van der Waals surface area contributed by atoms with Crippen LogP contribution in [-0.2, 0) is 10.8 Å². The molecule has 0 aliphatic heterocycles. The Bertz CT molecular complexity index is 866. The number of benzene rings is 1. The van der Waals surface area contributed by atoms with Gasteiger partial charge in [-0.25, -0.2) is 14.6 Å². The first-order valence-electron chi connectivity index (χ1n) is 8.67. The van der Waals surface area contributed by atoms with Crippen molar-refractivity contribution in [2.24, 2.45) is 0 Å². The monoisotopic (exact) mass is 353 g/mol. The summed E-state index contributed by atoms with van der Waals surface area (Å²) >= 11 is 0. The third-order valence-corrected chi connectivity index (χ3v) is 5.25. The summed E-state index contributed by atoms with van der Waals surface area (Å²) in [5.74, 6) is -1.21. The number of carbonyl (C=O) groups excluding carboxylic acids is 1. The van der Waals surface area contributed by atoms with Gasteiger partial charge in [0.05, 0.1) is 5.56 Å². The average molecular weight is 353 g/mol. The van der Waals surface area contributed by atoms with Crippen LogP contribution >= 0.6 is 0 Å². The molecule has 1 aliphatic rings. The van der Waals surface area contributed by atoms with E-state index >= 15 is 0 Å². The Balaban J connectivity index is 1.87. The standard InChI is InChI=1S/C21H23NO4/c1-20(2)9-10-21(3,4)16-11-14(6-7-15(16)20)26-19(25)17-8-5-13(12-22-17)18(23)24/h5-8,11-12H,9-10H2,1-4H3,(H,23,24). The van der Waals surface area contributed by atoms with Gasteiger partial charge in [-0.2, -0.15) is 0 Å². The number of pyridine rings is 1. The molecule has 26 heavy (non-hydrogen) atoms. The Morgan fingerprint density at radius 2 is 1.65 bits per heavy atom. The second-order valence-electron chi connectivity index (χ2n) is 8.10. The van der Waals surface area contributed by atoms with Crippen LogP contribution in [-0.4, -0.2) is 22.0 Å². The molecule has 1 aromatic carbocycles. The first-order valence-corrected chi connectivity index (χ1v) is 8.67. The zero-order chi connectivity index (χ0) is 19.1. The van der Waals surface area contributed by atoms with Crippen molar-refractivity contribution in [1.82, 2.24) is 4.98 Å². The smallest absolute Gasteiger partial charge is 0.362 e. The van der Waals surface area contributed by atoms with Gasteiger partial charge in [0, 0.05) is 6.20 Å². The van der Waals surface area contributed by atoms with Crippen LogP contribution in [0.1, 0.15) is 72.5 Å². The Kier molecular flexibility index (Phi) is 4.34. The number of aromatic carboxylic acids is 1. The Labute approximate surface area is 153 Å². The SMILES string of the molecule is CC1(C)CCC(C)(C)c2cc(OC(=O)c3ccc(C(=O)O)cn3)ccc21. The average Bonchev–Trinajstić information content (AvgIpc) is 2.59. The highest BCUT2D eigenvalue weighted by molar-refractivity contribution is 5.91. The van der Waals surface area contributed by atoms with Crippen molar-refractivity contribution in [3.05, 3.63) is 58.9 Å². The van der Waals surface area contributed by atoms with Crippen LogP contribution in [0, 0.1) is 0 Å². The molecular weight excluding hydrogens is 330 g/mol. The molecule has 136 valence electrons. The van der Waals surface area contributed by atoms with Crippen LogP contribution in [0.15, 0.2) is 36.5 Å². The molecule has 0 spiro atoms. The fourth-order valence-electron chi connectivity index (χ4n) is 3.43. The van der Waals surface area contributed by atoms with Gasteiger partial charge in [0.25, 0.3) is 0 Å². The van der Waals surface area contributed by atoms with E-state index in [1.165, 1.54) is 23.3 Å². The lowest BCUT2D eigenvalue weighted by Gasteiger charge is -2.41. The van der Waals surface area contributed by atoms with E-state index in [4.69, 9.17) is 9.84 Å². The van der Waals surface area contributed by atoms with Crippen LogP contribution in [0.3, 0.4) is 0 Å². The molecule has 0 atom stereocenters. The van der Waals surface area contributed by atoms with Gasteiger partial charge in [-0.1, -0.05) is 33.8 Å². The molecule has 1 aromatic heterocycles. The molecule has 2 aromatic rings. The molecular formula is C21H23NO4. The van der Waals surface area contributed by atoms with Gasteiger partial charge < -0.3 is 9.84 Å². The number of ether oxygens (including phenoxy) is 1. The maximum Gasteiger partial charge on any atom is 0.362 e. The summed E-state index contributed by atoms with van der Waals surface area (Å²) < 4.78 is 5.48. The Morgan fingerprint density at radius 3 is 2.23 bits per heavy atom. The first kappa shape index (κ1) is 18.1. The summed E-state index contributed by atoms with van der Waals surface area (Å²) in [5.41, 5.74) is 2.72. The second-order valence-corrected chi connectivity index (χ2v) is 8.10. The van der Waals surface area contributed by atoms with Gasteiger partial charge in [-0.15, -0.1) is 0 Å². The molecule has 0 unspecified atom stereocenters. The molecule has 0 fully saturated rings. The third kappa shape index (κ3) is 3.34. The van der Waals surface area contributed by atoms with Crippen LogP contribution in [0.25, 0.3) is 0 Å². The van der Waals surface area contributed by atoms with Crippen molar-refractivity contribution in [3.63, 3.8) is 0 Å². The van der Waals surface area contributed by atoms with E-state index in [1.54, 1.807) is 0 Å². The van der Waals surface area contributed by atoms with Crippen molar-refractivity contribution in [2.75, 3.05) is 0 Å². The molecule has 0 amide bonds. The van der Waals surface area contributed by atoms with Crippen molar-refractivity contribution >= 4 is 11.9 Å². The molecule has 3 rings (SSSR count). The maximum atomic E-state index is 12.3. The van der Waals surface area contributed by atoms with Gasteiger partial charge in [0.2, 0.25) is 0 Å². The van der Waals surface area contributed by atoms with Gasteiger partial charge >= 0.3 is 11.9 Å². The molecule has 5 heteroatoms. The largest absolute Gasteiger partial charge is 0.478 e. The topological polar surface area (TPSA) is 76.5 Å². The summed E-state index contributed by atoms with van der Waals surface area (Å²) in [6.07, 6.45) is 3.34. The molecule has 0 saturated heterocycles. The summed E-state index contributed by atoms with van der Waals surface area (Å²) in [7, 11) is 0. The lowest BCUT2D eigenvalue weighted by Crippen LogP contribution is -2.33. The molecule has 5 nitrogen and oxygen atoms in total. The molecule has 1 heterocycles. The number of hydrogen-bond donors (Lipinski definition) is 1. The quantitative estimate of drug-likeness (QED) is 0.656. The number of hydrogen-bond acceptors (Lipinski definition) is 4. The van der Waals surface area contributed by atoms with E-state index < -0.39 is 11.9 Å². The second kappa shape index (κ2) is 6.24. The zero-order valence-electron chi connectivity index (χ0n) is 15.5. The van der Waals surface area contributed by atoms with Crippen LogP contribution in [0.2, 0.25) is 0 Å². The molecule has 0 radical (unpaired) electrons. The summed E-state index contributed by atoms with van der Waals surface area (Å²) in [5, 5.41) is 8.90. The number of aromatic nitrogens is 1. The Morgan fingerprint density at radius 1 is 1.00 bits per heavy atom. The number of esters is 1. The lowest BCUT2D eigenvalue weighted by molar-refractivity contribution is 0.0689.